The van der Waals surface area contributed by atoms with Gasteiger partial charge in [-0.15, -0.1) is 5.73 Å². The van der Waals surface area contributed by atoms with Crippen LogP contribution in [0.4, 0.5) is 0 Å². The molecule has 0 aliphatic carbocycles. The van der Waals surface area contributed by atoms with Gasteiger partial charge in [0.1, 0.15) is 0 Å². The Kier molecular flexibility index (Phi) is 7.08. The van der Waals surface area contributed by atoms with Gasteiger partial charge < -0.3 is 0 Å². The van der Waals surface area contributed by atoms with Crippen LogP contribution in [-0.4, -0.2) is 9.78 Å². The van der Waals surface area contributed by atoms with E-state index in [-0.39, 0.29) is 0 Å². The van der Waals surface area contributed by atoms with Gasteiger partial charge in [-0.05, 0) is 50.3 Å². The zero-order valence-electron chi connectivity index (χ0n) is 15.6. The summed E-state index contributed by atoms with van der Waals surface area (Å²) in [5, 5.41) is 4.47. The zero-order valence-corrected chi connectivity index (χ0v) is 15.6. The number of hydrogen-bond acceptors (Lipinski definition) is 1. The van der Waals surface area contributed by atoms with Crippen molar-refractivity contribution in [1.82, 2.24) is 9.78 Å². The van der Waals surface area contributed by atoms with Gasteiger partial charge in [0, 0.05) is 23.5 Å². The summed E-state index contributed by atoms with van der Waals surface area (Å²) in [6.45, 7) is 8.79. The Morgan fingerprint density at radius 1 is 1.12 bits per heavy atom. The van der Waals surface area contributed by atoms with Crippen molar-refractivity contribution in [2.45, 2.75) is 66.2 Å². The third kappa shape index (κ3) is 4.72. The summed E-state index contributed by atoms with van der Waals surface area (Å²) in [6, 6.07) is 8.50. The van der Waals surface area contributed by atoms with Crippen molar-refractivity contribution in [1.29, 1.82) is 0 Å². The van der Waals surface area contributed by atoms with Crippen molar-refractivity contribution in [2.75, 3.05) is 0 Å². The molecule has 0 spiro atoms. The van der Waals surface area contributed by atoms with Crippen molar-refractivity contribution in [2.24, 2.45) is 0 Å². The van der Waals surface area contributed by atoms with Crippen molar-refractivity contribution in [3.63, 3.8) is 0 Å². The maximum atomic E-state index is 4.47. The SMILES string of the molecule is CCCCCCC(=C=C(C)CC)c1cccc(C)c1-n1cccn1. The molecule has 0 radical (unpaired) electrons. The van der Waals surface area contributed by atoms with Gasteiger partial charge in [0.25, 0.3) is 0 Å². The third-order valence-corrected chi connectivity index (χ3v) is 4.47. The Balaban J connectivity index is 2.47. The molecule has 1 heterocycles. The number of nitrogens with zero attached hydrogens (tertiary/aromatic N) is 2. The number of rotatable bonds is 8. The Labute approximate surface area is 146 Å². The molecular weight excluding hydrogens is 292 g/mol. The first kappa shape index (κ1) is 18.3. The molecule has 0 N–H and O–H groups in total. The molecule has 2 rings (SSSR count). The highest BCUT2D eigenvalue weighted by Gasteiger charge is 2.12. The van der Waals surface area contributed by atoms with Crippen LogP contribution in [-0.2, 0) is 0 Å². The van der Waals surface area contributed by atoms with Crippen molar-refractivity contribution in [3.8, 4) is 5.69 Å². The molecule has 0 bridgehead atoms. The minimum atomic E-state index is 1.04. The molecular formula is C22H30N2. The summed E-state index contributed by atoms with van der Waals surface area (Å²) in [7, 11) is 0. The lowest BCUT2D eigenvalue weighted by Crippen LogP contribution is -2.02. The Hall–Kier alpha value is -2.05. The lowest BCUT2D eigenvalue weighted by atomic mass is 9.95. The zero-order chi connectivity index (χ0) is 17.4. The molecule has 0 saturated heterocycles. The van der Waals surface area contributed by atoms with E-state index in [9.17, 15) is 0 Å². The second-order valence-electron chi connectivity index (χ2n) is 6.47. The summed E-state index contributed by atoms with van der Waals surface area (Å²) in [5.41, 5.74) is 10.0. The second-order valence-corrected chi connectivity index (χ2v) is 6.47. The van der Waals surface area contributed by atoms with E-state index in [4.69, 9.17) is 0 Å². The summed E-state index contributed by atoms with van der Waals surface area (Å²) in [5.74, 6) is 0. The van der Waals surface area contributed by atoms with Crippen LogP contribution >= 0.6 is 0 Å². The number of aromatic nitrogens is 2. The molecule has 0 amide bonds. The average Bonchev–Trinajstić information content (AvgIpc) is 3.11. The molecule has 0 atom stereocenters. The number of allylic oxidation sites excluding steroid dienone is 1. The summed E-state index contributed by atoms with van der Waals surface area (Å²) in [4.78, 5) is 0. The molecule has 0 fully saturated rings. The van der Waals surface area contributed by atoms with Crippen LogP contribution < -0.4 is 0 Å². The van der Waals surface area contributed by atoms with Gasteiger partial charge in [-0.1, -0.05) is 51.3 Å². The number of aryl methyl sites for hydroxylation is 1. The normalized spacial score (nSPS) is 10.5. The van der Waals surface area contributed by atoms with Crippen LogP contribution in [0.3, 0.4) is 0 Å². The standard InChI is InChI=1S/C22H30N2/c1-5-7-8-9-13-20(17-18(3)6-2)21-14-10-12-19(4)22(21)24-16-11-15-23-24/h10-12,14-16H,5-9,13H2,1-4H3. The lowest BCUT2D eigenvalue weighted by molar-refractivity contribution is 0.678. The molecule has 2 heteroatoms. The molecule has 0 aliphatic heterocycles. The predicted octanol–water partition coefficient (Wildman–Crippen LogP) is 6.49. The molecule has 24 heavy (non-hydrogen) atoms. The van der Waals surface area contributed by atoms with E-state index in [2.05, 4.69) is 56.7 Å². The smallest absolute Gasteiger partial charge is 0.0755 e. The van der Waals surface area contributed by atoms with Crippen LogP contribution in [0.1, 0.15) is 70.4 Å². The van der Waals surface area contributed by atoms with E-state index < -0.39 is 0 Å². The van der Waals surface area contributed by atoms with Gasteiger partial charge in [0.2, 0.25) is 0 Å². The summed E-state index contributed by atoms with van der Waals surface area (Å²) >= 11 is 0. The van der Waals surface area contributed by atoms with Gasteiger partial charge in [-0.25, -0.2) is 4.68 Å². The third-order valence-electron chi connectivity index (χ3n) is 4.47. The Morgan fingerprint density at radius 2 is 1.96 bits per heavy atom. The Bertz CT molecular complexity index is 702. The maximum Gasteiger partial charge on any atom is 0.0755 e. The Morgan fingerprint density at radius 3 is 2.62 bits per heavy atom. The molecule has 1 aromatic heterocycles. The number of hydrogen-bond donors (Lipinski definition) is 0. The van der Waals surface area contributed by atoms with Gasteiger partial charge >= 0.3 is 0 Å². The molecule has 0 aliphatic rings. The van der Waals surface area contributed by atoms with E-state index in [1.165, 1.54) is 53.6 Å². The van der Waals surface area contributed by atoms with Crippen LogP contribution in [0.15, 0.2) is 48.0 Å². The van der Waals surface area contributed by atoms with Crippen molar-refractivity contribution in [3.05, 3.63) is 59.1 Å². The topological polar surface area (TPSA) is 17.8 Å². The first-order chi connectivity index (χ1) is 11.7. The van der Waals surface area contributed by atoms with E-state index >= 15 is 0 Å². The van der Waals surface area contributed by atoms with Gasteiger partial charge in [-0.2, -0.15) is 5.10 Å². The molecule has 1 aromatic carbocycles. The minimum Gasteiger partial charge on any atom is -0.240 e. The molecule has 2 aromatic rings. The van der Waals surface area contributed by atoms with Crippen molar-refractivity contribution >= 4 is 5.57 Å². The summed E-state index contributed by atoms with van der Waals surface area (Å²) < 4.78 is 1.99. The van der Waals surface area contributed by atoms with E-state index in [0.717, 1.165) is 12.8 Å². The number of unbranched alkanes of at least 4 members (excludes halogenated alkanes) is 3. The predicted molar refractivity (Wildman–Crippen MR) is 103 cm³/mol. The molecule has 2 nitrogen and oxygen atoms in total. The van der Waals surface area contributed by atoms with Crippen LogP contribution in [0.2, 0.25) is 0 Å². The first-order valence-corrected chi connectivity index (χ1v) is 9.22. The largest absolute Gasteiger partial charge is 0.240 e. The average molecular weight is 322 g/mol. The molecule has 0 saturated carbocycles. The monoisotopic (exact) mass is 322 g/mol. The fourth-order valence-corrected chi connectivity index (χ4v) is 2.95. The fraction of sp³-hybridized carbons (Fsp3) is 0.455. The maximum absolute atomic E-state index is 4.47. The fourth-order valence-electron chi connectivity index (χ4n) is 2.95. The van der Waals surface area contributed by atoms with E-state index in [1.807, 2.05) is 23.1 Å². The number of benzene rings is 1. The van der Waals surface area contributed by atoms with E-state index in [0.29, 0.717) is 0 Å². The van der Waals surface area contributed by atoms with Crippen molar-refractivity contribution < 1.29 is 0 Å². The minimum absolute atomic E-state index is 1.04. The summed E-state index contributed by atoms with van der Waals surface area (Å²) in [6.07, 6.45) is 11.1. The van der Waals surface area contributed by atoms with Crippen LogP contribution in [0.25, 0.3) is 11.3 Å². The highest BCUT2D eigenvalue weighted by atomic mass is 15.3. The number of para-hydroxylation sites is 1. The quantitative estimate of drug-likeness (QED) is 0.401. The van der Waals surface area contributed by atoms with Gasteiger partial charge in [-0.3, -0.25) is 0 Å². The van der Waals surface area contributed by atoms with Crippen LogP contribution in [0.5, 0.6) is 0 Å². The first-order valence-electron chi connectivity index (χ1n) is 9.22. The molecule has 128 valence electrons. The van der Waals surface area contributed by atoms with Gasteiger partial charge in [0.05, 0.1) is 5.69 Å². The highest BCUT2D eigenvalue weighted by molar-refractivity contribution is 5.73. The second kappa shape index (κ2) is 9.30. The highest BCUT2D eigenvalue weighted by Crippen LogP contribution is 2.29. The van der Waals surface area contributed by atoms with Gasteiger partial charge in [0.15, 0.2) is 0 Å². The lowest BCUT2D eigenvalue weighted by Gasteiger charge is -2.15. The van der Waals surface area contributed by atoms with E-state index in [1.54, 1.807) is 0 Å². The van der Waals surface area contributed by atoms with Crippen LogP contribution in [0, 0.1) is 6.92 Å². The molecule has 0 unspecified atom stereocenters.